The molecule has 0 radical (unpaired) electrons. The van der Waals surface area contributed by atoms with E-state index in [1.54, 1.807) is 4.90 Å². The zero-order valence-electron chi connectivity index (χ0n) is 13.8. The highest BCUT2D eigenvalue weighted by atomic mass is 16.5. The second-order valence-corrected chi connectivity index (χ2v) is 6.04. The van der Waals surface area contributed by atoms with Crippen LogP contribution in [0.3, 0.4) is 0 Å². The number of nitrogens with zero attached hydrogens (tertiary/aromatic N) is 2. The number of carbonyl (C=O) groups excluding carboxylic acids is 1. The summed E-state index contributed by atoms with van der Waals surface area (Å²) in [6.07, 6.45) is 0. The van der Waals surface area contributed by atoms with Crippen LogP contribution in [0.2, 0.25) is 0 Å². The summed E-state index contributed by atoms with van der Waals surface area (Å²) >= 11 is 0. The van der Waals surface area contributed by atoms with Crippen LogP contribution in [0.5, 0.6) is 0 Å². The Hall–Kier alpha value is -1.59. The number of hydrogen-bond acceptors (Lipinski definition) is 3. The molecule has 0 aromatic heterocycles. The van der Waals surface area contributed by atoms with Gasteiger partial charge < -0.3 is 15.0 Å². The van der Waals surface area contributed by atoms with Crippen molar-refractivity contribution < 1.29 is 9.53 Å². The topological polar surface area (TPSA) is 44.8 Å². The molecule has 1 aliphatic rings. The summed E-state index contributed by atoms with van der Waals surface area (Å²) in [7, 11) is 1.82. The second kappa shape index (κ2) is 8.15. The van der Waals surface area contributed by atoms with Gasteiger partial charge in [0.05, 0.1) is 13.2 Å². The lowest BCUT2D eigenvalue weighted by molar-refractivity contribution is -0.0177. The van der Waals surface area contributed by atoms with Crippen LogP contribution < -0.4 is 5.32 Å². The maximum atomic E-state index is 12.2. The Morgan fingerprint density at radius 3 is 2.86 bits per heavy atom. The Morgan fingerprint density at radius 2 is 2.18 bits per heavy atom. The lowest BCUT2D eigenvalue weighted by Gasteiger charge is -2.38. The predicted molar refractivity (Wildman–Crippen MR) is 87.8 cm³/mol. The number of carbonyl (C=O) groups is 1. The lowest BCUT2D eigenvalue weighted by atomic mass is 10.2. The van der Waals surface area contributed by atoms with Gasteiger partial charge in [0.1, 0.15) is 0 Å². The highest BCUT2D eigenvalue weighted by molar-refractivity contribution is 5.73. The Morgan fingerprint density at radius 1 is 1.45 bits per heavy atom. The first-order valence-electron chi connectivity index (χ1n) is 7.94. The van der Waals surface area contributed by atoms with Crippen molar-refractivity contribution >= 4 is 6.03 Å². The number of hydrogen-bond donors (Lipinski definition) is 1. The Bertz CT molecular complexity index is 466. The number of benzene rings is 1. The van der Waals surface area contributed by atoms with Gasteiger partial charge in [-0.05, 0) is 19.4 Å². The van der Waals surface area contributed by atoms with E-state index in [1.165, 1.54) is 0 Å². The summed E-state index contributed by atoms with van der Waals surface area (Å²) in [6.45, 7) is 8.07. The van der Waals surface area contributed by atoms with Crippen LogP contribution in [0.1, 0.15) is 19.4 Å². The summed E-state index contributed by atoms with van der Waals surface area (Å²) < 4.78 is 5.46. The highest BCUT2D eigenvalue weighted by Gasteiger charge is 2.24. The van der Waals surface area contributed by atoms with Crippen LogP contribution in [-0.2, 0) is 11.3 Å². The van der Waals surface area contributed by atoms with Crippen LogP contribution in [0.4, 0.5) is 4.79 Å². The number of amides is 2. The van der Waals surface area contributed by atoms with Gasteiger partial charge in [0.25, 0.3) is 0 Å². The fraction of sp³-hybridized carbons (Fsp3) is 0.588. The van der Waals surface area contributed by atoms with Crippen molar-refractivity contribution in [1.29, 1.82) is 0 Å². The first-order chi connectivity index (χ1) is 10.6. The fourth-order valence-corrected chi connectivity index (χ4v) is 2.81. The molecule has 5 heteroatoms. The van der Waals surface area contributed by atoms with E-state index in [4.69, 9.17) is 4.74 Å². The van der Waals surface area contributed by atoms with Gasteiger partial charge in [0.15, 0.2) is 0 Å². The molecule has 5 nitrogen and oxygen atoms in total. The Kier molecular flexibility index (Phi) is 6.21. The summed E-state index contributed by atoms with van der Waals surface area (Å²) in [5.74, 6) is 0. The SMILES string of the molecule is CC(CNC(=O)N(C)Cc1ccccc1)N1CCOCC1C. The Balaban J connectivity index is 1.76. The number of rotatable bonds is 5. The molecule has 1 heterocycles. The third kappa shape index (κ3) is 4.71. The minimum absolute atomic E-state index is 0.0309. The molecule has 1 fully saturated rings. The standard InChI is InChI=1S/C17H27N3O2/c1-14(20-9-10-22-13-15(20)2)11-18-17(21)19(3)12-16-7-5-4-6-8-16/h4-8,14-15H,9-13H2,1-3H3,(H,18,21). The molecule has 0 saturated carbocycles. The molecule has 2 amide bonds. The largest absolute Gasteiger partial charge is 0.379 e. The number of nitrogens with one attached hydrogen (secondary N) is 1. The molecule has 0 spiro atoms. The maximum absolute atomic E-state index is 12.2. The van der Waals surface area contributed by atoms with E-state index >= 15 is 0 Å². The smallest absolute Gasteiger partial charge is 0.317 e. The van der Waals surface area contributed by atoms with Crippen molar-refractivity contribution in [3.05, 3.63) is 35.9 Å². The quantitative estimate of drug-likeness (QED) is 0.904. The van der Waals surface area contributed by atoms with E-state index in [0.717, 1.165) is 25.3 Å². The van der Waals surface area contributed by atoms with Crippen LogP contribution in [0.25, 0.3) is 0 Å². The van der Waals surface area contributed by atoms with E-state index in [1.807, 2.05) is 37.4 Å². The molecule has 1 aromatic rings. The molecular weight excluding hydrogens is 278 g/mol. The molecule has 1 aromatic carbocycles. The van der Waals surface area contributed by atoms with Gasteiger partial charge in [-0.25, -0.2) is 4.79 Å². The summed E-state index contributed by atoms with van der Waals surface area (Å²) in [6, 6.07) is 10.7. The highest BCUT2D eigenvalue weighted by Crippen LogP contribution is 2.10. The fourth-order valence-electron chi connectivity index (χ4n) is 2.81. The van der Waals surface area contributed by atoms with Crippen LogP contribution in [0, 0.1) is 0 Å². The molecule has 2 atom stereocenters. The van der Waals surface area contributed by atoms with Gasteiger partial charge in [-0.15, -0.1) is 0 Å². The minimum Gasteiger partial charge on any atom is -0.379 e. The van der Waals surface area contributed by atoms with E-state index in [9.17, 15) is 4.79 Å². The molecule has 22 heavy (non-hydrogen) atoms. The van der Waals surface area contributed by atoms with Crippen LogP contribution >= 0.6 is 0 Å². The monoisotopic (exact) mass is 305 g/mol. The van der Waals surface area contributed by atoms with Crippen molar-refractivity contribution in [1.82, 2.24) is 15.1 Å². The summed E-state index contributed by atoms with van der Waals surface area (Å²) in [5, 5.41) is 3.02. The predicted octanol–water partition coefficient (Wildman–Crippen LogP) is 1.94. The molecular formula is C17H27N3O2. The lowest BCUT2D eigenvalue weighted by Crippen LogP contribution is -2.52. The van der Waals surface area contributed by atoms with Crippen molar-refractivity contribution in [3.63, 3.8) is 0 Å². The molecule has 1 saturated heterocycles. The minimum atomic E-state index is -0.0309. The molecule has 2 rings (SSSR count). The van der Waals surface area contributed by atoms with Gasteiger partial charge in [0.2, 0.25) is 0 Å². The van der Waals surface area contributed by atoms with Crippen molar-refractivity contribution in [2.45, 2.75) is 32.5 Å². The third-order valence-electron chi connectivity index (χ3n) is 4.14. The van der Waals surface area contributed by atoms with Gasteiger partial charge in [0, 0.05) is 38.8 Å². The average molecular weight is 305 g/mol. The van der Waals surface area contributed by atoms with Crippen LogP contribution in [0.15, 0.2) is 30.3 Å². The number of ether oxygens (including phenoxy) is 1. The van der Waals surface area contributed by atoms with E-state index in [-0.39, 0.29) is 6.03 Å². The second-order valence-electron chi connectivity index (χ2n) is 6.04. The molecule has 1 aliphatic heterocycles. The zero-order valence-corrected chi connectivity index (χ0v) is 13.8. The zero-order chi connectivity index (χ0) is 15.9. The average Bonchev–Trinajstić information content (AvgIpc) is 2.53. The van der Waals surface area contributed by atoms with Crippen molar-refractivity contribution in [3.8, 4) is 0 Å². The van der Waals surface area contributed by atoms with Crippen molar-refractivity contribution in [2.24, 2.45) is 0 Å². The number of morpholine rings is 1. The first-order valence-corrected chi connectivity index (χ1v) is 7.94. The van der Waals surface area contributed by atoms with Gasteiger partial charge in [-0.3, -0.25) is 4.90 Å². The maximum Gasteiger partial charge on any atom is 0.317 e. The molecule has 0 bridgehead atoms. The van der Waals surface area contributed by atoms with Gasteiger partial charge in [-0.1, -0.05) is 30.3 Å². The number of urea groups is 1. The molecule has 1 N–H and O–H groups in total. The summed E-state index contributed by atoms with van der Waals surface area (Å²) in [4.78, 5) is 16.3. The normalized spacial score (nSPS) is 20.4. The van der Waals surface area contributed by atoms with Crippen molar-refractivity contribution in [2.75, 3.05) is 33.4 Å². The van der Waals surface area contributed by atoms with E-state index < -0.39 is 0 Å². The molecule has 122 valence electrons. The van der Waals surface area contributed by atoms with E-state index in [2.05, 4.69) is 24.1 Å². The molecule has 0 aliphatic carbocycles. The first kappa shape index (κ1) is 16.8. The third-order valence-corrected chi connectivity index (χ3v) is 4.14. The Labute approximate surface area is 133 Å². The van der Waals surface area contributed by atoms with Crippen LogP contribution in [-0.4, -0.2) is 61.3 Å². The van der Waals surface area contributed by atoms with Gasteiger partial charge in [-0.2, -0.15) is 0 Å². The molecule has 2 unspecified atom stereocenters. The van der Waals surface area contributed by atoms with Gasteiger partial charge >= 0.3 is 6.03 Å². The summed E-state index contributed by atoms with van der Waals surface area (Å²) in [5.41, 5.74) is 1.13. The van der Waals surface area contributed by atoms with E-state index in [0.29, 0.717) is 25.2 Å².